The molecule has 0 fully saturated rings. The Kier molecular flexibility index (Phi) is 7.19. The molecule has 0 unspecified atom stereocenters. The normalized spacial score (nSPS) is 13.3. The second-order valence-corrected chi connectivity index (χ2v) is 10.6. The van der Waals surface area contributed by atoms with Crippen LogP contribution in [-0.4, -0.2) is 34.4 Å². The summed E-state index contributed by atoms with van der Waals surface area (Å²) >= 11 is 0. The maximum atomic E-state index is 13.0. The van der Waals surface area contributed by atoms with E-state index in [1.807, 2.05) is 55.5 Å². The van der Waals surface area contributed by atoms with Crippen molar-refractivity contribution in [1.29, 1.82) is 0 Å². The molecule has 1 N–H and O–H groups in total. The van der Waals surface area contributed by atoms with Crippen molar-refractivity contribution in [1.82, 2.24) is 15.5 Å². The fourth-order valence-electron chi connectivity index (χ4n) is 4.73. The number of aromatic nitrogens is 2. The van der Waals surface area contributed by atoms with E-state index in [1.165, 1.54) is 0 Å². The minimum Gasteiger partial charge on any atom is -0.460 e. The maximum Gasteiger partial charge on any atom is 0.407 e. The molecule has 8 heteroatoms. The number of rotatable bonds is 7. The van der Waals surface area contributed by atoms with Crippen LogP contribution in [0.5, 0.6) is 0 Å². The van der Waals surface area contributed by atoms with Gasteiger partial charge in [-0.25, -0.2) is 4.79 Å². The first-order chi connectivity index (χ1) is 18.7. The molecule has 1 amide bonds. The van der Waals surface area contributed by atoms with Gasteiger partial charge in [-0.1, -0.05) is 83.5 Å². The summed E-state index contributed by atoms with van der Waals surface area (Å²) in [5.41, 5.74) is 5.66. The number of aryl methyl sites for hydroxylation is 1. The van der Waals surface area contributed by atoms with Crippen LogP contribution in [0, 0.1) is 6.92 Å². The molecule has 0 bridgehead atoms. The molecular weight excluding hydrogens is 494 g/mol. The van der Waals surface area contributed by atoms with E-state index in [0.29, 0.717) is 5.82 Å². The van der Waals surface area contributed by atoms with Gasteiger partial charge in [0.05, 0.1) is 6.42 Å². The lowest BCUT2D eigenvalue weighted by molar-refractivity contribution is -0.155. The molecule has 39 heavy (non-hydrogen) atoms. The molecule has 5 rings (SSSR count). The Hall–Kier alpha value is -4.46. The first-order valence-electron chi connectivity index (χ1n) is 12.9. The van der Waals surface area contributed by atoms with Crippen molar-refractivity contribution in [3.05, 3.63) is 95.4 Å². The highest BCUT2D eigenvalue weighted by Crippen LogP contribution is 2.44. The van der Waals surface area contributed by atoms with Gasteiger partial charge in [0, 0.05) is 11.5 Å². The number of ether oxygens (including phenoxy) is 2. The fraction of sp³-hybridized carbons (Fsp3) is 0.290. The Morgan fingerprint density at radius 3 is 2.18 bits per heavy atom. The zero-order valence-corrected chi connectivity index (χ0v) is 22.4. The smallest absolute Gasteiger partial charge is 0.407 e. The predicted molar refractivity (Wildman–Crippen MR) is 146 cm³/mol. The van der Waals surface area contributed by atoms with E-state index in [0.717, 1.165) is 33.4 Å². The highest BCUT2D eigenvalue weighted by atomic mass is 16.6. The topological polar surface area (TPSA) is 104 Å². The van der Waals surface area contributed by atoms with Crippen LogP contribution in [0.2, 0.25) is 0 Å². The molecule has 1 aliphatic carbocycles. The van der Waals surface area contributed by atoms with E-state index in [2.05, 4.69) is 39.7 Å². The van der Waals surface area contributed by atoms with Gasteiger partial charge in [0.15, 0.2) is 0 Å². The average Bonchev–Trinajstić information content (AvgIpc) is 3.50. The average molecular weight is 526 g/mol. The van der Waals surface area contributed by atoms with Crippen LogP contribution in [-0.2, 0) is 14.3 Å². The Morgan fingerprint density at radius 2 is 1.56 bits per heavy atom. The van der Waals surface area contributed by atoms with E-state index >= 15 is 0 Å². The first-order valence-corrected chi connectivity index (χ1v) is 12.9. The van der Waals surface area contributed by atoms with Crippen LogP contribution in [0.15, 0.2) is 77.3 Å². The van der Waals surface area contributed by atoms with Crippen LogP contribution in [0.25, 0.3) is 22.5 Å². The summed E-state index contributed by atoms with van der Waals surface area (Å²) in [4.78, 5) is 30.1. The van der Waals surface area contributed by atoms with Crippen LogP contribution < -0.4 is 5.32 Å². The van der Waals surface area contributed by atoms with Crippen LogP contribution in [0.3, 0.4) is 0 Å². The van der Waals surface area contributed by atoms with Crippen molar-refractivity contribution in [2.75, 3.05) is 6.61 Å². The van der Waals surface area contributed by atoms with E-state index in [1.54, 1.807) is 20.8 Å². The molecular formula is C31H31N3O5. The number of hydrogen-bond donors (Lipinski definition) is 1. The largest absolute Gasteiger partial charge is 0.460 e. The number of nitrogens with one attached hydrogen (secondary N) is 1. The standard InChI is InChI=1S/C31H31N3O5/c1-19-13-15-20(16-14-19)28-33-29(39-34-28)26(17-27(35)38-31(2,3)4)32-30(36)37-18-25-23-11-7-5-9-21(23)22-10-6-8-12-24(22)25/h5-16,25-26H,17-18H2,1-4H3,(H,32,36)/t26-/m0/s1. The molecule has 8 nitrogen and oxygen atoms in total. The fourth-order valence-corrected chi connectivity index (χ4v) is 4.73. The molecule has 0 radical (unpaired) electrons. The molecule has 1 heterocycles. The highest BCUT2D eigenvalue weighted by molar-refractivity contribution is 5.79. The van der Waals surface area contributed by atoms with Crippen LogP contribution in [0.1, 0.15) is 61.7 Å². The summed E-state index contributed by atoms with van der Waals surface area (Å²) in [5, 5.41) is 6.79. The highest BCUT2D eigenvalue weighted by Gasteiger charge is 2.31. The maximum absolute atomic E-state index is 13.0. The number of benzene rings is 3. The molecule has 0 saturated heterocycles. The van der Waals surface area contributed by atoms with Crippen molar-refractivity contribution in [2.24, 2.45) is 0 Å². The predicted octanol–water partition coefficient (Wildman–Crippen LogP) is 6.36. The molecule has 0 aliphatic heterocycles. The number of alkyl carbamates (subject to hydrolysis) is 1. The number of hydrogen-bond acceptors (Lipinski definition) is 7. The molecule has 3 aromatic carbocycles. The molecule has 200 valence electrons. The van der Waals surface area contributed by atoms with Crippen molar-refractivity contribution < 1.29 is 23.6 Å². The Bertz CT molecular complexity index is 1440. The molecule has 4 aromatic rings. The summed E-state index contributed by atoms with van der Waals surface area (Å²) in [6.45, 7) is 7.46. The monoisotopic (exact) mass is 525 g/mol. The Labute approximate surface area is 227 Å². The van der Waals surface area contributed by atoms with Gasteiger partial charge < -0.3 is 19.3 Å². The lowest BCUT2D eigenvalue weighted by atomic mass is 9.98. The zero-order valence-electron chi connectivity index (χ0n) is 22.4. The summed E-state index contributed by atoms with van der Waals surface area (Å²) in [6, 6.07) is 22.9. The minimum atomic E-state index is -0.929. The van der Waals surface area contributed by atoms with Crippen LogP contribution in [0.4, 0.5) is 4.79 Å². The number of carbonyl (C=O) groups is 2. The summed E-state index contributed by atoms with van der Waals surface area (Å²) in [7, 11) is 0. The van der Waals surface area contributed by atoms with Gasteiger partial charge in [-0.2, -0.15) is 4.98 Å². The van der Waals surface area contributed by atoms with E-state index in [4.69, 9.17) is 14.0 Å². The molecule has 0 saturated carbocycles. The lowest BCUT2D eigenvalue weighted by Crippen LogP contribution is -2.33. The third-order valence-corrected chi connectivity index (χ3v) is 6.48. The van der Waals surface area contributed by atoms with Crippen molar-refractivity contribution in [2.45, 2.75) is 51.7 Å². The second-order valence-electron chi connectivity index (χ2n) is 10.6. The second kappa shape index (κ2) is 10.7. The number of nitrogens with zero attached hydrogens (tertiary/aromatic N) is 2. The van der Waals surface area contributed by atoms with Gasteiger partial charge in [-0.3, -0.25) is 4.79 Å². The number of fused-ring (bicyclic) bond motifs is 3. The third kappa shape index (κ3) is 6.00. The number of carbonyl (C=O) groups excluding carboxylic acids is 2. The lowest BCUT2D eigenvalue weighted by Gasteiger charge is -2.21. The number of esters is 1. The van der Waals surface area contributed by atoms with Gasteiger partial charge in [0.2, 0.25) is 11.7 Å². The molecule has 1 atom stereocenters. The van der Waals surface area contributed by atoms with Gasteiger partial charge >= 0.3 is 12.1 Å². The number of amides is 1. The molecule has 1 aromatic heterocycles. The van der Waals surface area contributed by atoms with Crippen molar-refractivity contribution >= 4 is 12.1 Å². The van der Waals surface area contributed by atoms with Gasteiger partial charge in [-0.05, 0) is 49.9 Å². The summed E-state index contributed by atoms with van der Waals surface area (Å²) in [6.07, 6.45) is -0.891. The van der Waals surface area contributed by atoms with Crippen molar-refractivity contribution in [3.8, 4) is 22.5 Å². The minimum absolute atomic E-state index is 0.0879. The van der Waals surface area contributed by atoms with Gasteiger partial charge in [0.1, 0.15) is 18.2 Å². The van der Waals surface area contributed by atoms with Crippen molar-refractivity contribution in [3.63, 3.8) is 0 Å². The Morgan fingerprint density at radius 1 is 0.949 bits per heavy atom. The summed E-state index contributed by atoms with van der Waals surface area (Å²) in [5.74, 6) is -0.163. The zero-order chi connectivity index (χ0) is 27.6. The molecule has 0 spiro atoms. The van der Waals surface area contributed by atoms with E-state index in [9.17, 15) is 9.59 Å². The van der Waals surface area contributed by atoms with E-state index in [-0.39, 0.29) is 24.8 Å². The van der Waals surface area contributed by atoms with Crippen LogP contribution >= 0.6 is 0 Å². The van der Waals surface area contributed by atoms with Gasteiger partial charge in [0.25, 0.3) is 0 Å². The summed E-state index contributed by atoms with van der Waals surface area (Å²) < 4.78 is 16.6. The third-order valence-electron chi connectivity index (χ3n) is 6.48. The quantitative estimate of drug-likeness (QED) is 0.280. The first kappa shape index (κ1) is 26.2. The SMILES string of the molecule is Cc1ccc(-c2noc([C@H](CC(=O)OC(C)(C)C)NC(=O)OCC3c4ccccc4-c4ccccc43)n2)cc1. The molecule has 1 aliphatic rings. The Balaban J connectivity index is 1.32. The van der Waals surface area contributed by atoms with Gasteiger partial charge in [-0.15, -0.1) is 0 Å². The van der Waals surface area contributed by atoms with E-state index < -0.39 is 23.7 Å².